The van der Waals surface area contributed by atoms with Gasteiger partial charge in [-0.05, 0) is 42.5 Å². The van der Waals surface area contributed by atoms with E-state index in [1.165, 1.54) is 0 Å². The zero-order valence-corrected chi connectivity index (χ0v) is 10.2. The van der Waals surface area contributed by atoms with Crippen LogP contribution in [0.5, 0.6) is 0 Å². The number of halogens is 6. The molecular formula is C13H12F6O. The molecule has 1 aliphatic rings. The summed E-state index contributed by atoms with van der Waals surface area (Å²) in [6.45, 7) is 0. The van der Waals surface area contributed by atoms with Crippen LogP contribution in [0.3, 0.4) is 0 Å². The van der Waals surface area contributed by atoms with Crippen molar-refractivity contribution < 1.29 is 31.4 Å². The van der Waals surface area contributed by atoms with E-state index in [4.69, 9.17) is 0 Å². The van der Waals surface area contributed by atoms with Crippen LogP contribution in [0.4, 0.5) is 26.3 Å². The van der Waals surface area contributed by atoms with E-state index in [2.05, 4.69) is 0 Å². The van der Waals surface area contributed by atoms with E-state index < -0.39 is 29.6 Å². The van der Waals surface area contributed by atoms with Crippen molar-refractivity contribution in [1.29, 1.82) is 0 Å². The van der Waals surface area contributed by atoms with Crippen LogP contribution in [0.25, 0.3) is 0 Å². The molecular weight excluding hydrogens is 286 g/mol. The summed E-state index contributed by atoms with van der Waals surface area (Å²) in [5.74, 6) is -0.264. The van der Waals surface area contributed by atoms with Gasteiger partial charge >= 0.3 is 12.4 Å². The predicted octanol–water partition coefficient (Wildman–Crippen LogP) is 4.56. The van der Waals surface area contributed by atoms with Gasteiger partial charge in [0.2, 0.25) is 0 Å². The topological polar surface area (TPSA) is 20.2 Å². The molecule has 1 N–H and O–H groups in total. The first kappa shape index (κ1) is 15.2. The molecule has 1 aromatic carbocycles. The molecule has 1 nitrogen and oxygen atoms in total. The molecule has 0 saturated heterocycles. The van der Waals surface area contributed by atoms with Crippen molar-refractivity contribution >= 4 is 0 Å². The van der Waals surface area contributed by atoms with Crippen molar-refractivity contribution in [2.45, 2.75) is 37.7 Å². The van der Waals surface area contributed by atoms with Gasteiger partial charge in [0, 0.05) is 0 Å². The molecule has 0 aliphatic heterocycles. The van der Waals surface area contributed by atoms with Gasteiger partial charge in [-0.1, -0.05) is 6.42 Å². The molecule has 0 heterocycles. The summed E-state index contributed by atoms with van der Waals surface area (Å²) < 4.78 is 75.9. The maximum Gasteiger partial charge on any atom is 0.416 e. The maximum absolute atomic E-state index is 12.6. The minimum atomic E-state index is -4.88. The van der Waals surface area contributed by atoms with Crippen molar-refractivity contribution in [2.24, 2.45) is 5.92 Å². The average Bonchev–Trinajstić information content (AvgIpc) is 2.23. The Morgan fingerprint density at radius 2 is 1.35 bits per heavy atom. The summed E-state index contributed by atoms with van der Waals surface area (Å²) in [7, 11) is 0. The van der Waals surface area contributed by atoms with E-state index in [1.54, 1.807) is 0 Å². The second-order valence-corrected chi connectivity index (χ2v) is 4.98. The third-order valence-corrected chi connectivity index (χ3v) is 3.55. The van der Waals surface area contributed by atoms with Gasteiger partial charge in [0.15, 0.2) is 0 Å². The lowest BCUT2D eigenvalue weighted by molar-refractivity contribution is -0.143. The van der Waals surface area contributed by atoms with E-state index in [0.29, 0.717) is 25.0 Å². The number of hydrogen-bond donors (Lipinski definition) is 1. The van der Waals surface area contributed by atoms with Crippen LogP contribution >= 0.6 is 0 Å². The molecule has 0 radical (unpaired) electrons. The molecule has 1 fully saturated rings. The number of hydrogen-bond acceptors (Lipinski definition) is 1. The number of aliphatic hydroxyl groups excluding tert-OH is 1. The van der Waals surface area contributed by atoms with Gasteiger partial charge in [0.05, 0.1) is 17.2 Å². The fourth-order valence-electron chi connectivity index (χ4n) is 2.18. The first-order chi connectivity index (χ1) is 9.09. The second kappa shape index (κ2) is 4.95. The van der Waals surface area contributed by atoms with Crippen molar-refractivity contribution in [2.75, 3.05) is 0 Å². The molecule has 1 aliphatic carbocycles. The second-order valence-electron chi connectivity index (χ2n) is 4.98. The first-order valence-corrected chi connectivity index (χ1v) is 6.06. The number of aliphatic hydroxyl groups is 1. The van der Waals surface area contributed by atoms with Gasteiger partial charge in [0.25, 0.3) is 0 Å². The van der Waals surface area contributed by atoms with Gasteiger partial charge < -0.3 is 5.11 Å². The first-order valence-electron chi connectivity index (χ1n) is 6.06. The normalized spacial score (nSPS) is 18.8. The minimum Gasteiger partial charge on any atom is -0.388 e. The quantitative estimate of drug-likeness (QED) is 0.794. The molecule has 1 atom stereocenters. The summed E-state index contributed by atoms with van der Waals surface area (Å²) in [4.78, 5) is 0. The van der Waals surface area contributed by atoms with Crippen molar-refractivity contribution in [3.8, 4) is 0 Å². The van der Waals surface area contributed by atoms with Crippen molar-refractivity contribution in [1.82, 2.24) is 0 Å². The van der Waals surface area contributed by atoms with Crippen LogP contribution in [0.2, 0.25) is 0 Å². The fourth-order valence-corrected chi connectivity index (χ4v) is 2.18. The smallest absolute Gasteiger partial charge is 0.388 e. The maximum atomic E-state index is 12.6. The van der Waals surface area contributed by atoms with Crippen LogP contribution in [0.1, 0.15) is 42.1 Å². The van der Waals surface area contributed by atoms with Crippen molar-refractivity contribution in [3.05, 3.63) is 34.9 Å². The van der Waals surface area contributed by atoms with E-state index >= 15 is 0 Å². The Kier molecular flexibility index (Phi) is 3.75. The predicted molar refractivity (Wildman–Crippen MR) is 58.7 cm³/mol. The summed E-state index contributed by atoms with van der Waals surface area (Å²) in [5.41, 5.74) is -3.10. The highest BCUT2D eigenvalue weighted by atomic mass is 19.4. The molecule has 1 aromatic rings. The van der Waals surface area contributed by atoms with E-state index in [1.807, 2.05) is 0 Å². The summed E-state index contributed by atoms with van der Waals surface area (Å²) >= 11 is 0. The standard InChI is InChI=1S/C13H12F6O/c14-12(15,16)9-4-8(11(20)7-2-1-3-7)5-10(6-9)13(17,18)19/h4-7,11,20H,1-3H2. The molecule has 0 aromatic heterocycles. The third kappa shape index (κ3) is 3.08. The Hall–Kier alpha value is -1.24. The monoisotopic (exact) mass is 298 g/mol. The molecule has 20 heavy (non-hydrogen) atoms. The highest BCUT2D eigenvalue weighted by Gasteiger charge is 2.38. The van der Waals surface area contributed by atoms with Gasteiger partial charge in [0.1, 0.15) is 0 Å². The van der Waals surface area contributed by atoms with E-state index in [0.717, 1.165) is 6.42 Å². The Morgan fingerprint density at radius 1 is 0.900 bits per heavy atom. The van der Waals surface area contributed by atoms with Gasteiger partial charge in [-0.2, -0.15) is 26.3 Å². The Balaban J connectivity index is 2.45. The van der Waals surface area contributed by atoms with Crippen LogP contribution in [-0.2, 0) is 12.4 Å². The zero-order valence-electron chi connectivity index (χ0n) is 10.2. The summed E-state index contributed by atoms with van der Waals surface area (Å²) in [6, 6.07) is 1.26. The van der Waals surface area contributed by atoms with Crippen LogP contribution in [0.15, 0.2) is 18.2 Å². The summed E-state index contributed by atoms with van der Waals surface area (Å²) in [6.07, 6.45) is -9.00. The SMILES string of the molecule is OC(c1cc(C(F)(F)F)cc(C(F)(F)F)c1)C1CCC1. The zero-order chi connectivity index (χ0) is 15.1. The Labute approximate surface area is 111 Å². The Morgan fingerprint density at radius 3 is 1.65 bits per heavy atom. The molecule has 7 heteroatoms. The van der Waals surface area contributed by atoms with Crippen LogP contribution in [-0.4, -0.2) is 5.11 Å². The largest absolute Gasteiger partial charge is 0.416 e. The lowest BCUT2D eigenvalue weighted by Gasteiger charge is -2.31. The van der Waals surface area contributed by atoms with Crippen molar-refractivity contribution in [3.63, 3.8) is 0 Å². The van der Waals surface area contributed by atoms with Gasteiger partial charge in [-0.15, -0.1) is 0 Å². The number of rotatable bonds is 2. The number of benzene rings is 1. The average molecular weight is 298 g/mol. The molecule has 1 saturated carbocycles. The van der Waals surface area contributed by atoms with Gasteiger partial charge in [-0.25, -0.2) is 0 Å². The lowest BCUT2D eigenvalue weighted by atomic mass is 9.78. The molecule has 112 valence electrons. The molecule has 0 amide bonds. The highest BCUT2D eigenvalue weighted by Crippen LogP contribution is 2.42. The third-order valence-electron chi connectivity index (χ3n) is 3.55. The van der Waals surface area contributed by atoms with E-state index in [9.17, 15) is 31.4 Å². The molecule has 2 rings (SSSR count). The summed E-state index contributed by atoms with van der Waals surface area (Å²) in [5, 5.41) is 9.89. The molecule has 0 spiro atoms. The van der Waals surface area contributed by atoms with Crippen LogP contribution in [0, 0.1) is 5.92 Å². The molecule has 0 bridgehead atoms. The van der Waals surface area contributed by atoms with Gasteiger partial charge in [-0.3, -0.25) is 0 Å². The van der Waals surface area contributed by atoms with Crippen LogP contribution < -0.4 is 0 Å². The fraction of sp³-hybridized carbons (Fsp3) is 0.538. The van der Waals surface area contributed by atoms with E-state index in [-0.39, 0.29) is 17.5 Å². The Bertz CT molecular complexity index is 454. The highest BCUT2D eigenvalue weighted by molar-refractivity contribution is 5.35. The number of alkyl halides is 6. The minimum absolute atomic E-state index is 0.0665. The molecule has 1 unspecified atom stereocenters. The lowest BCUT2D eigenvalue weighted by Crippen LogP contribution is -2.21.